The molecule has 0 aromatic heterocycles. The normalized spacial score (nSPS) is 27.7. The Bertz CT molecular complexity index is 1150. The van der Waals surface area contributed by atoms with Crippen molar-refractivity contribution in [3.05, 3.63) is 101 Å². The standard InChI is InChI=1S/C25H20ClNO3/c26-17-10-6-7-15(13-17)19-14-25(30,16-8-2-1-3-9-16)22-21(19)23(28)18-11-4-5-12-20(18)27-24(22)29/h1-13,19,21-22,30H,14H2,(H,27,29)/t19-,21-,22-,25+/m1/s1. The molecule has 1 fully saturated rings. The molecule has 1 aliphatic heterocycles. The summed E-state index contributed by atoms with van der Waals surface area (Å²) in [4.78, 5) is 27.1. The van der Waals surface area contributed by atoms with E-state index in [0.29, 0.717) is 21.8 Å². The van der Waals surface area contributed by atoms with E-state index in [-0.39, 0.29) is 24.0 Å². The molecule has 2 N–H and O–H groups in total. The van der Waals surface area contributed by atoms with E-state index in [9.17, 15) is 14.7 Å². The van der Waals surface area contributed by atoms with Crippen LogP contribution in [0.5, 0.6) is 0 Å². The van der Waals surface area contributed by atoms with Gasteiger partial charge in [0.25, 0.3) is 0 Å². The highest BCUT2D eigenvalue weighted by Gasteiger charge is 2.60. The lowest BCUT2D eigenvalue weighted by Gasteiger charge is -2.30. The van der Waals surface area contributed by atoms with Gasteiger partial charge in [0.15, 0.2) is 5.78 Å². The number of carbonyl (C=O) groups excluding carboxylic acids is 2. The number of halogens is 1. The van der Waals surface area contributed by atoms with E-state index in [0.717, 1.165) is 5.56 Å². The molecule has 1 heterocycles. The molecule has 2 aliphatic rings. The average Bonchev–Trinajstić information content (AvgIpc) is 3.03. The molecule has 4 nitrogen and oxygen atoms in total. The van der Waals surface area contributed by atoms with Crippen molar-refractivity contribution in [3.8, 4) is 0 Å². The number of hydrogen-bond donors (Lipinski definition) is 2. The Labute approximate surface area is 179 Å². The van der Waals surface area contributed by atoms with E-state index >= 15 is 0 Å². The summed E-state index contributed by atoms with van der Waals surface area (Å²) in [6.45, 7) is 0. The summed E-state index contributed by atoms with van der Waals surface area (Å²) in [5.74, 6) is -2.43. The van der Waals surface area contributed by atoms with Gasteiger partial charge in [-0.2, -0.15) is 0 Å². The van der Waals surface area contributed by atoms with Crippen molar-refractivity contribution < 1.29 is 14.7 Å². The number of carbonyl (C=O) groups is 2. The van der Waals surface area contributed by atoms with Crippen LogP contribution in [0.25, 0.3) is 0 Å². The van der Waals surface area contributed by atoms with E-state index in [1.54, 1.807) is 30.3 Å². The molecule has 5 rings (SSSR count). The molecule has 3 aromatic carbocycles. The number of Topliss-reactive ketones (excluding diaryl/α,β-unsaturated/α-hetero) is 1. The molecule has 0 unspecified atom stereocenters. The molecule has 30 heavy (non-hydrogen) atoms. The third-order valence-electron chi connectivity index (χ3n) is 6.42. The predicted octanol–water partition coefficient (Wildman–Crippen LogP) is 4.78. The van der Waals surface area contributed by atoms with Crippen molar-refractivity contribution in [1.82, 2.24) is 0 Å². The minimum Gasteiger partial charge on any atom is -0.384 e. The van der Waals surface area contributed by atoms with Crippen molar-refractivity contribution in [2.45, 2.75) is 17.9 Å². The van der Waals surface area contributed by atoms with Crippen LogP contribution in [0.3, 0.4) is 0 Å². The SMILES string of the molecule is O=C1c2ccccc2NC(=O)[C@H]2[C@H]1[C@@H](c1cccc(Cl)c1)C[C@]2(O)c1ccccc1. The number of ketones is 1. The maximum Gasteiger partial charge on any atom is 0.231 e. The zero-order valence-corrected chi connectivity index (χ0v) is 16.8. The van der Waals surface area contributed by atoms with Crippen LogP contribution in [0.2, 0.25) is 5.02 Å². The molecule has 5 heteroatoms. The second-order valence-corrected chi connectivity index (χ2v) is 8.49. The van der Waals surface area contributed by atoms with Gasteiger partial charge in [-0.25, -0.2) is 0 Å². The number of aliphatic hydroxyl groups is 1. The quantitative estimate of drug-likeness (QED) is 0.630. The van der Waals surface area contributed by atoms with Crippen LogP contribution >= 0.6 is 11.6 Å². The fourth-order valence-corrected chi connectivity index (χ4v) is 5.31. The van der Waals surface area contributed by atoms with Crippen LogP contribution in [0.4, 0.5) is 5.69 Å². The van der Waals surface area contributed by atoms with E-state index < -0.39 is 17.4 Å². The molecule has 0 radical (unpaired) electrons. The molecule has 1 aliphatic carbocycles. The lowest BCUT2D eigenvalue weighted by atomic mass is 9.77. The highest BCUT2D eigenvalue weighted by atomic mass is 35.5. The van der Waals surface area contributed by atoms with Crippen molar-refractivity contribution in [2.75, 3.05) is 5.32 Å². The monoisotopic (exact) mass is 417 g/mol. The van der Waals surface area contributed by atoms with Gasteiger partial charge in [0.05, 0.1) is 11.6 Å². The van der Waals surface area contributed by atoms with Crippen LogP contribution in [0.1, 0.15) is 33.8 Å². The van der Waals surface area contributed by atoms with Gasteiger partial charge in [-0.1, -0.05) is 66.2 Å². The molecular weight excluding hydrogens is 398 g/mol. The summed E-state index contributed by atoms with van der Waals surface area (Å²) in [6.07, 6.45) is 0.258. The topological polar surface area (TPSA) is 66.4 Å². The number of nitrogens with one attached hydrogen (secondary N) is 1. The van der Waals surface area contributed by atoms with Gasteiger partial charge in [-0.3, -0.25) is 9.59 Å². The Balaban J connectivity index is 1.72. The Morgan fingerprint density at radius 2 is 1.67 bits per heavy atom. The van der Waals surface area contributed by atoms with Crippen molar-refractivity contribution in [3.63, 3.8) is 0 Å². The second-order valence-electron chi connectivity index (χ2n) is 8.06. The summed E-state index contributed by atoms with van der Waals surface area (Å²) in [5, 5.41) is 15.4. The number of para-hydroxylation sites is 1. The average molecular weight is 418 g/mol. The molecule has 4 atom stereocenters. The van der Waals surface area contributed by atoms with Crippen LogP contribution in [0, 0.1) is 11.8 Å². The first-order valence-corrected chi connectivity index (χ1v) is 10.3. The lowest BCUT2D eigenvalue weighted by Crippen LogP contribution is -2.41. The Morgan fingerprint density at radius 1 is 0.933 bits per heavy atom. The number of anilines is 1. The van der Waals surface area contributed by atoms with Crippen LogP contribution < -0.4 is 5.32 Å². The highest BCUT2D eigenvalue weighted by molar-refractivity contribution is 6.30. The van der Waals surface area contributed by atoms with E-state index in [2.05, 4.69) is 5.32 Å². The summed E-state index contributed by atoms with van der Waals surface area (Å²) in [5.41, 5.74) is 0.980. The number of amides is 1. The minimum atomic E-state index is -1.47. The van der Waals surface area contributed by atoms with Gasteiger partial charge in [0.1, 0.15) is 5.60 Å². The van der Waals surface area contributed by atoms with E-state index in [1.165, 1.54) is 0 Å². The third-order valence-corrected chi connectivity index (χ3v) is 6.66. The maximum absolute atomic E-state index is 13.7. The minimum absolute atomic E-state index is 0.134. The van der Waals surface area contributed by atoms with Gasteiger partial charge in [-0.15, -0.1) is 0 Å². The third kappa shape index (κ3) is 2.87. The summed E-state index contributed by atoms with van der Waals surface area (Å²) in [7, 11) is 0. The van der Waals surface area contributed by atoms with E-state index in [4.69, 9.17) is 11.6 Å². The fraction of sp³-hybridized carbons (Fsp3) is 0.200. The summed E-state index contributed by atoms with van der Waals surface area (Å²) >= 11 is 6.24. The first-order chi connectivity index (χ1) is 14.5. The maximum atomic E-state index is 13.7. The smallest absolute Gasteiger partial charge is 0.231 e. The second kappa shape index (κ2) is 7.08. The summed E-state index contributed by atoms with van der Waals surface area (Å²) in [6, 6.07) is 23.5. The van der Waals surface area contributed by atoms with Gasteiger partial charge in [0, 0.05) is 16.5 Å². The van der Waals surface area contributed by atoms with Crippen molar-refractivity contribution in [1.29, 1.82) is 0 Å². The van der Waals surface area contributed by atoms with Gasteiger partial charge < -0.3 is 10.4 Å². The Kier molecular flexibility index (Phi) is 4.49. The molecule has 0 saturated heterocycles. The first kappa shape index (κ1) is 19.0. The Morgan fingerprint density at radius 3 is 2.43 bits per heavy atom. The van der Waals surface area contributed by atoms with Crippen molar-refractivity contribution in [2.24, 2.45) is 11.8 Å². The van der Waals surface area contributed by atoms with Crippen molar-refractivity contribution >= 4 is 29.0 Å². The first-order valence-electron chi connectivity index (χ1n) is 9.96. The van der Waals surface area contributed by atoms with Gasteiger partial charge >= 0.3 is 0 Å². The van der Waals surface area contributed by atoms with Gasteiger partial charge in [-0.05, 0) is 47.7 Å². The number of hydrogen-bond acceptors (Lipinski definition) is 3. The van der Waals surface area contributed by atoms with Crippen LogP contribution in [0.15, 0.2) is 78.9 Å². The molecule has 1 saturated carbocycles. The largest absolute Gasteiger partial charge is 0.384 e. The van der Waals surface area contributed by atoms with Crippen LogP contribution in [-0.2, 0) is 10.4 Å². The molecule has 3 aromatic rings. The highest BCUT2D eigenvalue weighted by Crippen LogP contribution is 2.56. The van der Waals surface area contributed by atoms with Gasteiger partial charge in [0.2, 0.25) is 5.91 Å². The molecular formula is C25H20ClNO3. The molecule has 0 spiro atoms. The van der Waals surface area contributed by atoms with E-state index in [1.807, 2.05) is 48.5 Å². The molecule has 1 amide bonds. The number of benzene rings is 3. The zero-order chi connectivity index (χ0) is 20.9. The summed E-state index contributed by atoms with van der Waals surface area (Å²) < 4.78 is 0. The number of fused-ring (bicyclic) bond motifs is 2. The molecule has 150 valence electrons. The Hall–Kier alpha value is -2.95. The lowest BCUT2D eigenvalue weighted by molar-refractivity contribution is -0.129. The van der Waals surface area contributed by atoms with Crippen LogP contribution in [-0.4, -0.2) is 16.8 Å². The molecule has 0 bridgehead atoms. The predicted molar refractivity (Wildman–Crippen MR) is 116 cm³/mol. The zero-order valence-electron chi connectivity index (χ0n) is 16.1. The number of rotatable bonds is 2. The fourth-order valence-electron chi connectivity index (χ4n) is 5.12.